The van der Waals surface area contributed by atoms with Crippen LogP contribution in [0.15, 0.2) is 0 Å². The van der Waals surface area contributed by atoms with Gasteiger partial charge in [-0.3, -0.25) is 4.79 Å². The Morgan fingerprint density at radius 3 is 2.14 bits per heavy atom. The van der Waals surface area contributed by atoms with E-state index in [4.69, 9.17) is 0 Å². The molecule has 2 amide bonds. The van der Waals surface area contributed by atoms with E-state index in [9.17, 15) is 14.7 Å². The molecule has 1 N–H and O–H groups in total. The highest BCUT2D eigenvalue weighted by atomic mass is 16.4. The molecule has 21 heavy (non-hydrogen) atoms. The lowest BCUT2D eigenvalue weighted by atomic mass is 9.75. The average molecular weight is 298 g/mol. The van der Waals surface area contributed by atoms with Crippen molar-refractivity contribution in [1.29, 1.82) is 0 Å². The predicted molar refractivity (Wildman–Crippen MR) is 83.3 cm³/mol. The Labute approximate surface area is 128 Å². The Kier molecular flexibility index (Phi) is 5.65. The van der Waals surface area contributed by atoms with E-state index in [1.54, 1.807) is 9.80 Å². The molecule has 0 saturated carbocycles. The molecule has 0 aromatic carbocycles. The molecule has 0 radical (unpaired) electrons. The summed E-state index contributed by atoms with van der Waals surface area (Å²) >= 11 is 0. The number of likely N-dealkylation sites (tertiary alicyclic amines) is 1. The molecule has 1 fully saturated rings. The van der Waals surface area contributed by atoms with Gasteiger partial charge in [0.1, 0.15) is 0 Å². The number of carbonyl (C=O) groups is 2. The van der Waals surface area contributed by atoms with Gasteiger partial charge in [0.15, 0.2) is 0 Å². The number of hydrogen-bond acceptors (Lipinski definition) is 2. The largest absolute Gasteiger partial charge is 0.481 e. The number of carboxylic acid groups (broad SMARTS) is 1. The van der Waals surface area contributed by atoms with Gasteiger partial charge in [0.05, 0.1) is 5.41 Å². The summed E-state index contributed by atoms with van der Waals surface area (Å²) in [6.45, 7) is 9.25. The highest BCUT2D eigenvalue weighted by Crippen LogP contribution is 2.37. The minimum atomic E-state index is -0.710. The summed E-state index contributed by atoms with van der Waals surface area (Å²) < 4.78 is 0. The first-order chi connectivity index (χ1) is 9.70. The molecule has 1 heterocycles. The Balaban J connectivity index is 2.72. The summed E-state index contributed by atoms with van der Waals surface area (Å²) in [5.41, 5.74) is -0.813. The maximum Gasteiger partial charge on any atom is 0.320 e. The van der Waals surface area contributed by atoms with Crippen molar-refractivity contribution >= 4 is 12.0 Å². The van der Waals surface area contributed by atoms with E-state index in [-0.39, 0.29) is 11.6 Å². The van der Waals surface area contributed by atoms with E-state index >= 15 is 0 Å². The number of rotatable bonds is 5. The molecule has 122 valence electrons. The molecule has 0 bridgehead atoms. The van der Waals surface area contributed by atoms with Crippen LogP contribution in [0, 0.1) is 5.41 Å². The van der Waals surface area contributed by atoms with Crippen molar-refractivity contribution in [3.8, 4) is 0 Å². The molecule has 1 aliphatic heterocycles. The molecule has 5 nitrogen and oxygen atoms in total. The van der Waals surface area contributed by atoms with Gasteiger partial charge < -0.3 is 14.9 Å². The second kappa shape index (κ2) is 6.67. The normalized spacial score (nSPS) is 18.4. The topological polar surface area (TPSA) is 60.9 Å². The third-order valence-electron chi connectivity index (χ3n) is 5.23. The fourth-order valence-corrected chi connectivity index (χ4v) is 2.88. The highest BCUT2D eigenvalue weighted by Gasteiger charge is 2.42. The van der Waals surface area contributed by atoms with Gasteiger partial charge >= 0.3 is 12.0 Å². The maximum absolute atomic E-state index is 12.5. The monoisotopic (exact) mass is 298 g/mol. The summed E-state index contributed by atoms with van der Waals surface area (Å²) in [6, 6.07) is 0.0114. The van der Waals surface area contributed by atoms with Crippen LogP contribution in [0.4, 0.5) is 4.79 Å². The van der Waals surface area contributed by atoms with Crippen LogP contribution in [0.3, 0.4) is 0 Å². The number of piperidine rings is 1. The van der Waals surface area contributed by atoms with Gasteiger partial charge in [0.2, 0.25) is 0 Å². The van der Waals surface area contributed by atoms with Crippen molar-refractivity contribution in [1.82, 2.24) is 9.80 Å². The molecule has 1 aliphatic rings. The van der Waals surface area contributed by atoms with E-state index < -0.39 is 11.4 Å². The quantitative estimate of drug-likeness (QED) is 0.848. The maximum atomic E-state index is 12.5. The second-order valence-electron chi connectivity index (χ2n) is 6.83. The predicted octanol–water partition coefficient (Wildman–Crippen LogP) is 3.19. The standard InChI is InChI=1S/C16H30N2O3/c1-6-8-16(13(19)20)9-11-18(12-10-16)14(21)17(5)15(3,4)7-2/h6-12H2,1-5H3,(H,19,20). The molecule has 0 atom stereocenters. The van der Waals surface area contributed by atoms with Gasteiger partial charge in [-0.25, -0.2) is 4.79 Å². The molecular formula is C16H30N2O3. The third kappa shape index (κ3) is 3.69. The van der Waals surface area contributed by atoms with Gasteiger partial charge in [-0.15, -0.1) is 0 Å². The van der Waals surface area contributed by atoms with E-state index in [2.05, 4.69) is 6.92 Å². The van der Waals surface area contributed by atoms with Crippen LogP contribution in [-0.4, -0.2) is 52.6 Å². The van der Waals surface area contributed by atoms with Crippen molar-refractivity contribution in [2.75, 3.05) is 20.1 Å². The van der Waals surface area contributed by atoms with Crippen molar-refractivity contribution in [3.05, 3.63) is 0 Å². The minimum Gasteiger partial charge on any atom is -0.481 e. The fourth-order valence-electron chi connectivity index (χ4n) is 2.88. The number of amides is 2. The Hall–Kier alpha value is -1.26. The van der Waals surface area contributed by atoms with E-state index in [1.165, 1.54) is 0 Å². The average Bonchev–Trinajstić information content (AvgIpc) is 2.46. The van der Waals surface area contributed by atoms with Gasteiger partial charge in [0.25, 0.3) is 0 Å². The zero-order valence-corrected chi connectivity index (χ0v) is 14.1. The van der Waals surface area contributed by atoms with Crippen LogP contribution in [0.25, 0.3) is 0 Å². The zero-order valence-electron chi connectivity index (χ0n) is 14.1. The van der Waals surface area contributed by atoms with Gasteiger partial charge in [0, 0.05) is 25.7 Å². The Morgan fingerprint density at radius 1 is 1.24 bits per heavy atom. The first kappa shape index (κ1) is 17.8. The number of carboxylic acids is 1. The molecule has 0 aromatic rings. The molecule has 1 saturated heterocycles. The minimum absolute atomic E-state index is 0.0114. The molecule has 1 rings (SSSR count). The lowest BCUT2D eigenvalue weighted by Crippen LogP contribution is -2.54. The number of hydrogen-bond donors (Lipinski definition) is 1. The third-order valence-corrected chi connectivity index (χ3v) is 5.23. The molecule has 0 aliphatic carbocycles. The summed E-state index contributed by atoms with van der Waals surface area (Å²) in [4.78, 5) is 27.7. The lowest BCUT2D eigenvalue weighted by molar-refractivity contribution is -0.152. The summed E-state index contributed by atoms with van der Waals surface area (Å²) in [5, 5.41) is 9.51. The van der Waals surface area contributed by atoms with Gasteiger partial charge in [-0.2, -0.15) is 0 Å². The highest BCUT2D eigenvalue weighted by molar-refractivity contribution is 5.77. The number of carbonyl (C=O) groups excluding carboxylic acids is 1. The van der Waals surface area contributed by atoms with Crippen LogP contribution in [0.5, 0.6) is 0 Å². The van der Waals surface area contributed by atoms with E-state index in [1.807, 2.05) is 27.8 Å². The summed E-state index contributed by atoms with van der Waals surface area (Å²) in [6.07, 6.45) is 3.56. The number of aliphatic carboxylic acids is 1. The fraction of sp³-hybridized carbons (Fsp3) is 0.875. The zero-order chi connectivity index (χ0) is 16.3. The van der Waals surface area contributed by atoms with Crippen LogP contribution in [0.2, 0.25) is 0 Å². The summed E-state index contributed by atoms with van der Waals surface area (Å²) in [5.74, 6) is -0.710. The van der Waals surface area contributed by atoms with Gasteiger partial charge in [-0.05, 0) is 39.5 Å². The van der Waals surface area contributed by atoms with Crippen molar-refractivity contribution < 1.29 is 14.7 Å². The first-order valence-corrected chi connectivity index (χ1v) is 7.96. The van der Waals surface area contributed by atoms with Crippen molar-refractivity contribution in [2.45, 2.75) is 65.3 Å². The van der Waals surface area contributed by atoms with Crippen LogP contribution >= 0.6 is 0 Å². The second-order valence-corrected chi connectivity index (χ2v) is 6.83. The molecule has 0 spiro atoms. The van der Waals surface area contributed by atoms with E-state index in [0.717, 1.165) is 12.8 Å². The van der Waals surface area contributed by atoms with Crippen molar-refractivity contribution in [3.63, 3.8) is 0 Å². The number of nitrogens with zero attached hydrogens (tertiary/aromatic N) is 2. The molecular weight excluding hydrogens is 268 g/mol. The lowest BCUT2D eigenvalue weighted by Gasteiger charge is -2.43. The smallest absolute Gasteiger partial charge is 0.320 e. The van der Waals surface area contributed by atoms with Crippen LogP contribution in [0.1, 0.15) is 59.8 Å². The van der Waals surface area contributed by atoms with Crippen LogP contribution in [-0.2, 0) is 4.79 Å². The van der Waals surface area contributed by atoms with E-state index in [0.29, 0.717) is 32.4 Å². The molecule has 5 heteroatoms. The first-order valence-electron chi connectivity index (χ1n) is 7.96. The van der Waals surface area contributed by atoms with Crippen molar-refractivity contribution in [2.24, 2.45) is 5.41 Å². The summed E-state index contributed by atoms with van der Waals surface area (Å²) in [7, 11) is 1.83. The number of urea groups is 1. The Morgan fingerprint density at radius 2 is 1.76 bits per heavy atom. The molecule has 0 unspecified atom stereocenters. The van der Waals surface area contributed by atoms with Crippen LogP contribution < -0.4 is 0 Å². The van der Waals surface area contributed by atoms with Gasteiger partial charge in [-0.1, -0.05) is 20.3 Å². The molecule has 0 aromatic heterocycles. The Bertz CT molecular complexity index is 385. The SMILES string of the molecule is CCCC1(C(=O)O)CCN(C(=O)N(C)C(C)(C)CC)CC1.